The zero-order valence-corrected chi connectivity index (χ0v) is 16.2. The fraction of sp³-hybridized carbons (Fsp3) is 0.714. The molecule has 0 spiro atoms. The quantitative estimate of drug-likeness (QED) is 0.778. The second-order valence-corrected chi connectivity index (χ2v) is 8.30. The average molecular weight is 347 g/mol. The molecule has 2 fully saturated rings. The van der Waals surface area contributed by atoms with Gasteiger partial charge in [0.05, 0.1) is 24.7 Å². The average Bonchev–Trinajstić information content (AvgIpc) is 2.98. The summed E-state index contributed by atoms with van der Waals surface area (Å²) in [6.07, 6.45) is 4.13. The van der Waals surface area contributed by atoms with Crippen molar-refractivity contribution in [3.8, 4) is 5.75 Å². The van der Waals surface area contributed by atoms with Gasteiger partial charge in [-0.15, -0.1) is 0 Å². The summed E-state index contributed by atoms with van der Waals surface area (Å²) in [5, 5.41) is 0. The van der Waals surface area contributed by atoms with Crippen molar-refractivity contribution in [2.24, 2.45) is 5.41 Å². The smallest absolute Gasteiger partial charge is 0.174 e. The Hall–Kier alpha value is -1.10. The largest absolute Gasteiger partial charge is 0.493 e. The van der Waals surface area contributed by atoms with E-state index < -0.39 is 5.79 Å². The van der Waals surface area contributed by atoms with E-state index in [2.05, 4.69) is 38.7 Å². The van der Waals surface area contributed by atoms with Gasteiger partial charge in [0.2, 0.25) is 0 Å². The Labute approximate surface area is 152 Å². The molecule has 2 aliphatic heterocycles. The van der Waals surface area contributed by atoms with Crippen LogP contribution in [0.3, 0.4) is 0 Å². The Balaban J connectivity index is 1.56. The van der Waals surface area contributed by atoms with E-state index in [4.69, 9.17) is 14.2 Å². The summed E-state index contributed by atoms with van der Waals surface area (Å²) in [4.78, 5) is 2.51. The summed E-state index contributed by atoms with van der Waals surface area (Å²) in [7, 11) is 0. The number of nitrogens with zero attached hydrogens (tertiary/aromatic N) is 1. The van der Waals surface area contributed by atoms with Gasteiger partial charge in [0, 0.05) is 6.54 Å². The molecule has 0 aliphatic carbocycles. The highest BCUT2D eigenvalue weighted by Crippen LogP contribution is 2.40. The second-order valence-electron chi connectivity index (χ2n) is 8.30. The summed E-state index contributed by atoms with van der Waals surface area (Å²) >= 11 is 0. The predicted molar refractivity (Wildman–Crippen MR) is 100.0 cm³/mol. The van der Waals surface area contributed by atoms with E-state index in [9.17, 15) is 0 Å². The Kier molecular flexibility index (Phi) is 5.71. The normalized spacial score (nSPS) is 28.2. The Morgan fingerprint density at radius 2 is 1.92 bits per heavy atom. The van der Waals surface area contributed by atoms with Crippen molar-refractivity contribution < 1.29 is 14.2 Å². The zero-order chi connectivity index (χ0) is 17.9. The van der Waals surface area contributed by atoms with Crippen LogP contribution in [0.1, 0.15) is 45.6 Å². The first-order valence-corrected chi connectivity index (χ1v) is 9.62. The second kappa shape index (κ2) is 7.65. The maximum Gasteiger partial charge on any atom is 0.174 e. The van der Waals surface area contributed by atoms with Gasteiger partial charge in [0.25, 0.3) is 0 Å². The highest BCUT2D eigenvalue weighted by molar-refractivity contribution is 5.31. The molecule has 2 atom stereocenters. The summed E-state index contributed by atoms with van der Waals surface area (Å²) in [6, 6.07) is 8.13. The molecule has 25 heavy (non-hydrogen) atoms. The van der Waals surface area contributed by atoms with Crippen molar-refractivity contribution >= 4 is 0 Å². The lowest BCUT2D eigenvalue weighted by atomic mass is 9.85. The molecule has 4 nitrogen and oxygen atoms in total. The van der Waals surface area contributed by atoms with Crippen LogP contribution in [0.25, 0.3) is 0 Å². The maximum absolute atomic E-state index is 6.39. The summed E-state index contributed by atoms with van der Waals surface area (Å²) in [6.45, 7) is 13.0. The molecule has 2 aliphatic rings. The van der Waals surface area contributed by atoms with Gasteiger partial charge in [0.1, 0.15) is 5.75 Å². The molecule has 0 saturated carbocycles. The lowest BCUT2D eigenvalue weighted by Gasteiger charge is -2.39. The fourth-order valence-corrected chi connectivity index (χ4v) is 3.62. The van der Waals surface area contributed by atoms with Gasteiger partial charge in [-0.05, 0) is 51.4 Å². The van der Waals surface area contributed by atoms with Crippen molar-refractivity contribution in [2.45, 2.75) is 58.8 Å². The van der Waals surface area contributed by atoms with E-state index in [0.717, 1.165) is 17.9 Å². The van der Waals surface area contributed by atoms with Gasteiger partial charge in [-0.1, -0.05) is 38.5 Å². The van der Waals surface area contributed by atoms with Crippen molar-refractivity contribution in [1.29, 1.82) is 0 Å². The van der Waals surface area contributed by atoms with Gasteiger partial charge in [0.15, 0.2) is 5.79 Å². The minimum atomic E-state index is -0.615. The first-order chi connectivity index (χ1) is 11.9. The highest BCUT2D eigenvalue weighted by atomic mass is 16.7. The number of hydrogen-bond acceptors (Lipinski definition) is 4. The molecule has 0 bridgehead atoms. The molecule has 0 radical (unpaired) electrons. The Morgan fingerprint density at radius 1 is 1.20 bits per heavy atom. The molecule has 140 valence electrons. The minimum Gasteiger partial charge on any atom is -0.493 e. The fourth-order valence-electron chi connectivity index (χ4n) is 3.62. The molecule has 0 aromatic heterocycles. The van der Waals surface area contributed by atoms with E-state index in [-0.39, 0.29) is 11.5 Å². The SMILES string of the molecule is Cc1ccccc1OCC(C)(C)C1(C)OCC(CN2CCCCC2)O1. The van der Waals surface area contributed by atoms with Crippen molar-refractivity contribution in [3.63, 3.8) is 0 Å². The molecule has 0 amide bonds. The molecular formula is C21H33NO3. The number of piperidine rings is 1. The first-order valence-electron chi connectivity index (χ1n) is 9.62. The summed E-state index contributed by atoms with van der Waals surface area (Å²) in [5.74, 6) is 0.318. The summed E-state index contributed by atoms with van der Waals surface area (Å²) in [5.41, 5.74) is 0.908. The van der Waals surface area contributed by atoms with Crippen LogP contribution >= 0.6 is 0 Å². The maximum atomic E-state index is 6.39. The number of benzene rings is 1. The van der Waals surface area contributed by atoms with Crippen molar-refractivity contribution in [1.82, 2.24) is 4.90 Å². The monoisotopic (exact) mass is 347 g/mol. The molecule has 2 heterocycles. The number of rotatable bonds is 6. The molecule has 0 N–H and O–H groups in total. The molecule has 2 unspecified atom stereocenters. The Bertz CT molecular complexity index is 568. The highest BCUT2D eigenvalue weighted by Gasteiger charge is 2.50. The van der Waals surface area contributed by atoms with E-state index >= 15 is 0 Å². The van der Waals surface area contributed by atoms with E-state index in [0.29, 0.717) is 13.2 Å². The van der Waals surface area contributed by atoms with Crippen LogP contribution in [-0.2, 0) is 9.47 Å². The van der Waals surface area contributed by atoms with Gasteiger partial charge in [-0.2, -0.15) is 0 Å². The molecular weight excluding hydrogens is 314 g/mol. The Morgan fingerprint density at radius 3 is 2.64 bits per heavy atom. The van der Waals surface area contributed by atoms with Gasteiger partial charge in [-0.3, -0.25) is 0 Å². The van der Waals surface area contributed by atoms with Crippen LogP contribution in [0.4, 0.5) is 0 Å². The minimum absolute atomic E-state index is 0.154. The van der Waals surface area contributed by atoms with Crippen molar-refractivity contribution in [3.05, 3.63) is 29.8 Å². The number of ether oxygens (including phenoxy) is 3. The zero-order valence-electron chi connectivity index (χ0n) is 16.2. The summed E-state index contributed by atoms with van der Waals surface area (Å²) < 4.78 is 18.6. The lowest BCUT2D eigenvalue weighted by Crippen LogP contribution is -2.48. The number of likely N-dealkylation sites (tertiary alicyclic amines) is 1. The standard InChI is InChI=1S/C21H33NO3/c1-17-10-6-7-11-19(17)23-16-20(2,3)21(4)24-15-18(25-21)14-22-12-8-5-9-13-22/h6-7,10-11,18H,5,8-9,12-16H2,1-4H3. The number of para-hydroxylation sites is 1. The predicted octanol–water partition coefficient (Wildman–Crippen LogP) is 4.02. The van der Waals surface area contributed by atoms with E-state index in [1.54, 1.807) is 0 Å². The third-order valence-electron chi connectivity index (χ3n) is 5.76. The van der Waals surface area contributed by atoms with E-state index in [1.807, 2.05) is 18.2 Å². The third kappa shape index (κ3) is 4.36. The van der Waals surface area contributed by atoms with Gasteiger partial charge in [-0.25, -0.2) is 0 Å². The molecule has 1 aromatic rings. The lowest BCUT2D eigenvalue weighted by molar-refractivity contribution is -0.231. The van der Waals surface area contributed by atoms with Crippen LogP contribution in [-0.4, -0.2) is 49.6 Å². The van der Waals surface area contributed by atoms with Crippen molar-refractivity contribution in [2.75, 3.05) is 32.8 Å². The van der Waals surface area contributed by atoms with Gasteiger partial charge < -0.3 is 19.1 Å². The first kappa shape index (κ1) is 18.7. The molecule has 4 heteroatoms. The van der Waals surface area contributed by atoms with Crippen LogP contribution in [0, 0.1) is 12.3 Å². The van der Waals surface area contributed by atoms with Crippen LogP contribution in [0.2, 0.25) is 0 Å². The van der Waals surface area contributed by atoms with Crippen LogP contribution in [0.15, 0.2) is 24.3 Å². The molecule has 2 saturated heterocycles. The van der Waals surface area contributed by atoms with Crippen LogP contribution in [0.5, 0.6) is 5.75 Å². The van der Waals surface area contributed by atoms with Crippen LogP contribution < -0.4 is 4.74 Å². The third-order valence-corrected chi connectivity index (χ3v) is 5.76. The molecule has 3 rings (SSSR count). The van der Waals surface area contributed by atoms with E-state index in [1.165, 1.54) is 32.4 Å². The number of aryl methyl sites for hydroxylation is 1. The molecule has 1 aromatic carbocycles. The van der Waals surface area contributed by atoms with Gasteiger partial charge >= 0.3 is 0 Å². The topological polar surface area (TPSA) is 30.9 Å². The number of hydrogen-bond donors (Lipinski definition) is 0.